The molecule has 110 valence electrons. The van der Waals surface area contributed by atoms with Crippen molar-refractivity contribution < 1.29 is 4.21 Å². The van der Waals surface area contributed by atoms with Gasteiger partial charge in [0.2, 0.25) is 0 Å². The van der Waals surface area contributed by atoms with Crippen LogP contribution in [0.5, 0.6) is 0 Å². The van der Waals surface area contributed by atoms with Crippen LogP contribution in [0.25, 0.3) is 0 Å². The van der Waals surface area contributed by atoms with E-state index in [4.69, 9.17) is 0 Å². The Morgan fingerprint density at radius 3 is 1.44 bits per heavy atom. The van der Waals surface area contributed by atoms with Crippen LogP contribution in [0, 0.1) is 0 Å². The average molecular weight is 275 g/mol. The molecule has 0 fully saturated rings. The van der Waals surface area contributed by atoms with Gasteiger partial charge in [0.15, 0.2) is 0 Å². The number of rotatable bonds is 14. The minimum atomic E-state index is -0.533. The number of unbranched alkanes of at least 4 members (excludes halogenated alkanes) is 10. The summed E-state index contributed by atoms with van der Waals surface area (Å²) in [5.41, 5.74) is 0. The molecular weight excluding hydrogens is 240 g/mol. The van der Waals surface area contributed by atoms with Gasteiger partial charge in [0, 0.05) is 22.3 Å². The normalized spacial score (nSPS) is 12.8. The summed E-state index contributed by atoms with van der Waals surface area (Å²) in [5, 5.41) is 0. The van der Waals surface area contributed by atoms with Gasteiger partial charge in [-0.05, 0) is 12.8 Å². The quantitative estimate of drug-likeness (QED) is 0.385. The number of hydrogen-bond donors (Lipinski definition) is 0. The van der Waals surface area contributed by atoms with Gasteiger partial charge >= 0.3 is 0 Å². The molecule has 0 spiro atoms. The zero-order chi connectivity index (χ0) is 13.5. The van der Waals surface area contributed by atoms with Crippen LogP contribution in [0.15, 0.2) is 0 Å². The second-order valence-corrected chi connectivity index (χ2v) is 7.08. The zero-order valence-corrected chi connectivity index (χ0v) is 13.5. The molecule has 0 unspecified atom stereocenters. The van der Waals surface area contributed by atoms with Gasteiger partial charge in [0.25, 0.3) is 0 Å². The molecule has 2 heteroatoms. The van der Waals surface area contributed by atoms with Crippen molar-refractivity contribution in [1.82, 2.24) is 0 Å². The third-order valence-corrected chi connectivity index (χ3v) is 4.94. The van der Waals surface area contributed by atoms with E-state index in [1.807, 2.05) is 0 Å². The molecule has 0 saturated carbocycles. The summed E-state index contributed by atoms with van der Waals surface area (Å²) in [5.74, 6) is 1.87. The maximum atomic E-state index is 11.5. The third-order valence-electron chi connectivity index (χ3n) is 3.45. The second kappa shape index (κ2) is 15.2. The van der Waals surface area contributed by atoms with E-state index in [0.29, 0.717) is 0 Å². The van der Waals surface area contributed by atoms with Crippen molar-refractivity contribution in [3.8, 4) is 0 Å². The number of hydrogen-bond acceptors (Lipinski definition) is 1. The highest BCUT2D eigenvalue weighted by molar-refractivity contribution is 7.84. The first-order chi connectivity index (χ1) is 8.81. The zero-order valence-electron chi connectivity index (χ0n) is 12.7. The topological polar surface area (TPSA) is 17.1 Å². The highest BCUT2D eigenvalue weighted by Gasteiger charge is 1.98. The van der Waals surface area contributed by atoms with Crippen LogP contribution < -0.4 is 0 Å². The van der Waals surface area contributed by atoms with Crippen molar-refractivity contribution in [2.45, 2.75) is 90.9 Å². The van der Waals surface area contributed by atoms with Gasteiger partial charge < -0.3 is 0 Å². The van der Waals surface area contributed by atoms with E-state index in [2.05, 4.69) is 13.8 Å². The Bertz CT molecular complexity index is 180. The summed E-state index contributed by atoms with van der Waals surface area (Å²) in [6, 6.07) is 0. The Morgan fingerprint density at radius 2 is 0.944 bits per heavy atom. The second-order valence-electron chi connectivity index (χ2n) is 5.38. The van der Waals surface area contributed by atoms with Crippen LogP contribution in [0.2, 0.25) is 0 Å². The molecule has 0 heterocycles. The lowest BCUT2D eigenvalue weighted by atomic mass is 10.1. The van der Waals surface area contributed by atoms with Crippen molar-refractivity contribution in [2.24, 2.45) is 0 Å². The van der Waals surface area contributed by atoms with Crippen LogP contribution in [0.3, 0.4) is 0 Å². The van der Waals surface area contributed by atoms with E-state index in [9.17, 15) is 4.21 Å². The largest absolute Gasteiger partial charge is 0.260 e. The fourth-order valence-electron chi connectivity index (χ4n) is 2.16. The van der Waals surface area contributed by atoms with E-state index in [0.717, 1.165) is 17.9 Å². The maximum Gasteiger partial charge on any atom is 0.0234 e. The lowest BCUT2D eigenvalue weighted by Gasteiger charge is -2.03. The first-order valence-electron chi connectivity index (χ1n) is 8.16. The molecule has 18 heavy (non-hydrogen) atoms. The van der Waals surface area contributed by atoms with Crippen molar-refractivity contribution in [3.05, 3.63) is 0 Å². The standard InChI is InChI=1S/C16H34OS/c1-3-5-7-8-9-10-11-12-13-14-16-18(17)15-6-4-2/h3-16H2,1-2H3/t18-/m0/s1. The highest BCUT2D eigenvalue weighted by atomic mass is 32.2. The van der Waals surface area contributed by atoms with Gasteiger partial charge in [0.1, 0.15) is 0 Å². The Morgan fingerprint density at radius 1 is 0.556 bits per heavy atom. The highest BCUT2D eigenvalue weighted by Crippen LogP contribution is 2.10. The van der Waals surface area contributed by atoms with Gasteiger partial charge in [-0.2, -0.15) is 0 Å². The van der Waals surface area contributed by atoms with Crippen LogP contribution in [0.1, 0.15) is 90.9 Å². The lowest BCUT2D eigenvalue weighted by molar-refractivity contribution is 0.562. The maximum absolute atomic E-state index is 11.5. The Kier molecular flexibility index (Phi) is 15.3. The van der Waals surface area contributed by atoms with Gasteiger partial charge in [-0.1, -0.05) is 78.1 Å². The van der Waals surface area contributed by atoms with Gasteiger partial charge in [-0.3, -0.25) is 4.21 Å². The molecule has 0 bridgehead atoms. The Balaban J connectivity index is 3.04. The molecule has 0 aliphatic carbocycles. The fraction of sp³-hybridized carbons (Fsp3) is 1.00. The van der Waals surface area contributed by atoms with Crippen molar-refractivity contribution in [1.29, 1.82) is 0 Å². The van der Waals surface area contributed by atoms with Crippen molar-refractivity contribution in [2.75, 3.05) is 11.5 Å². The molecule has 1 atom stereocenters. The van der Waals surface area contributed by atoms with Crippen molar-refractivity contribution in [3.63, 3.8) is 0 Å². The first kappa shape index (κ1) is 18.1. The summed E-state index contributed by atoms with van der Waals surface area (Å²) >= 11 is 0. The lowest BCUT2D eigenvalue weighted by Crippen LogP contribution is -2.02. The summed E-state index contributed by atoms with van der Waals surface area (Å²) in [4.78, 5) is 0. The van der Waals surface area contributed by atoms with Crippen LogP contribution in [0.4, 0.5) is 0 Å². The van der Waals surface area contributed by atoms with Gasteiger partial charge in [0.05, 0.1) is 0 Å². The molecule has 0 aliphatic heterocycles. The molecule has 0 aliphatic rings. The molecular formula is C16H34OS. The predicted octanol–water partition coefficient (Wildman–Crippen LogP) is 5.46. The SMILES string of the molecule is CCCCCCCCCCCC[S@@](=O)CCCC. The van der Waals surface area contributed by atoms with E-state index in [1.54, 1.807) is 0 Å². The molecule has 0 amide bonds. The molecule has 0 saturated heterocycles. The Hall–Kier alpha value is 0.150. The smallest absolute Gasteiger partial charge is 0.0234 e. The average Bonchev–Trinajstić information content (AvgIpc) is 2.38. The monoisotopic (exact) mass is 274 g/mol. The molecule has 0 N–H and O–H groups in total. The molecule has 0 aromatic heterocycles. The Labute approximate surface area is 118 Å². The van der Waals surface area contributed by atoms with E-state index < -0.39 is 10.8 Å². The van der Waals surface area contributed by atoms with E-state index in [1.165, 1.54) is 70.6 Å². The summed E-state index contributed by atoms with van der Waals surface area (Å²) in [7, 11) is -0.533. The minimum absolute atomic E-state index is 0.533. The van der Waals surface area contributed by atoms with E-state index in [-0.39, 0.29) is 0 Å². The molecule has 0 rings (SSSR count). The minimum Gasteiger partial charge on any atom is -0.260 e. The van der Waals surface area contributed by atoms with Crippen molar-refractivity contribution >= 4 is 10.8 Å². The molecule has 1 nitrogen and oxygen atoms in total. The molecule has 0 aromatic rings. The van der Waals surface area contributed by atoms with Crippen LogP contribution in [-0.4, -0.2) is 15.7 Å². The van der Waals surface area contributed by atoms with Crippen LogP contribution in [-0.2, 0) is 10.8 Å². The predicted molar refractivity (Wildman–Crippen MR) is 84.6 cm³/mol. The summed E-state index contributed by atoms with van der Waals surface area (Å²) in [6.07, 6.45) is 15.9. The summed E-state index contributed by atoms with van der Waals surface area (Å²) in [6.45, 7) is 4.43. The first-order valence-corrected chi connectivity index (χ1v) is 9.65. The third kappa shape index (κ3) is 14.2. The molecule has 0 radical (unpaired) electrons. The summed E-state index contributed by atoms with van der Waals surface area (Å²) < 4.78 is 11.5. The van der Waals surface area contributed by atoms with E-state index >= 15 is 0 Å². The fourth-order valence-corrected chi connectivity index (χ4v) is 3.50. The van der Waals surface area contributed by atoms with Gasteiger partial charge in [-0.25, -0.2) is 0 Å². The van der Waals surface area contributed by atoms with Gasteiger partial charge in [-0.15, -0.1) is 0 Å². The van der Waals surface area contributed by atoms with Crippen LogP contribution >= 0.6 is 0 Å². The molecule has 0 aromatic carbocycles.